The van der Waals surface area contributed by atoms with Gasteiger partial charge in [0.1, 0.15) is 11.9 Å². The lowest BCUT2D eigenvalue weighted by molar-refractivity contribution is 0.161. The molecule has 0 fully saturated rings. The predicted molar refractivity (Wildman–Crippen MR) is 85.5 cm³/mol. The van der Waals surface area contributed by atoms with Crippen molar-refractivity contribution in [3.63, 3.8) is 0 Å². The number of halogens is 3. The predicted octanol–water partition coefficient (Wildman–Crippen LogP) is 5.28. The maximum absolute atomic E-state index is 6.24. The van der Waals surface area contributed by atoms with Crippen molar-refractivity contribution in [3.05, 3.63) is 62.0 Å². The summed E-state index contributed by atoms with van der Waals surface area (Å²) in [6.45, 7) is 0. The van der Waals surface area contributed by atoms with Gasteiger partial charge in [0.15, 0.2) is 0 Å². The van der Waals surface area contributed by atoms with Gasteiger partial charge in [-0.05, 0) is 29.8 Å². The molecule has 0 saturated carbocycles. The van der Waals surface area contributed by atoms with Crippen molar-refractivity contribution >= 4 is 39.1 Å². The molecule has 0 amide bonds. The Balaban J connectivity index is 1.96. The quantitative estimate of drug-likeness (QED) is 0.738. The first-order valence-corrected chi connectivity index (χ1v) is 7.76. The molecule has 1 aliphatic heterocycles. The zero-order valence-corrected chi connectivity index (χ0v) is 13.5. The molecule has 20 heavy (non-hydrogen) atoms. The van der Waals surface area contributed by atoms with Crippen LogP contribution in [0.1, 0.15) is 29.7 Å². The third-order valence-corrected chi connectivity index (χ3v) is 4.66. The zero-order valence-electron chi connectivity index (χ0n) is 10.4. The van der Waals surface area contributed by atoms with E-state index in [1.807, 2.05) is 30.3 Å². The maximum Gasteiger partial charge on any atom is 0.126 e. The normalized spacial score (nSPS) is 21.2. The molecule has 1 heterocycles. The van der Waals surface area contributed by atoms with Crippen LogP contribution in [0.5, 0.6) is 5.75 Å². The van der Waals surface area contributed by atoms with Gasteiger partial charge in [-0.25, -0.2) is 0 Å². The Labute approximate surface area is 136 Å². The molecule has 104 valence electrons. The lowest BCUT2D eigenvalue weighted by Gasteiger charge is -2.30. The summed E-state index contributed by atoms with van der Waals surface area (Å²) >= 11 is 15.5. The van der Waals surface area contributed by atoms with Gasteiger partial charge in [-0.15, -0.1) is 0 Å². The maximum atomic E-state index is 6.24. The summed E-state index contributed by atoms with van der Waals surface area (Å²) in [5, 5.41) is 1.07. The second kappa shape index (κ2) is 5.57. The van der Waals surface area contributed by atoms with Gasteiger partial charge in [-0.1, -0.05) is 51.3 Å². The van der Waals surface area contributed by atoms with Crippen molar-refractivity contribution in [2.24, 2.45) is 5.73 Å². The standard InChI is InChI=1S/C15H12BrCl2NO/c16-9-2-3-10-13(19)7-14(20-15(10)6-9)8-1-4-11(17)12(18)5-8/h1-6,13-14H,7,19H2/t13-,14?/m0/s1. The number of hydrogen-bond acceptors (Lipinski definition) is 2. The van der Waals surface area contributed by atoms with E-state index in [9.17, 15) is 0 Å². The molecule has 0 aliphatic carbocycles. The van der Waals surface area contributed by atoms with Gasteiger partial charge in [0.2, 0.25) is 0 Å². The fourth-order valence-corrected chi connectivity index (χ4v) is 3.04. The fourth-order valence-electron chi connectivity index (χ4n) is 2.39. The molecular formula is C15H12BrCl2NO. The highest BCUT2D eigenvalue weighted by atomic mass is 79.9. The first-order chi connectivity index (χ1) is 9.54. The van der Waals surface area contributed by atoms with Gasteiger partial charge in [0.05, 0.1) is 10.0 Å². The fraction of sp³-hybridized carbons (Fsp3) is 0.200. The molecular weight excluding hydrogens is 361 g/mol. The number of rotatable bonds is 1. The van der Waals surface area contributed by atoms with E-state index >= 15 is 0 Å². The van der Waals surface area contributed by atoms with E-state index in [1.54, 1.807) is 6.07 Å². The Kier molecular flexibility index (Phi) is 3.95. The van der Waals surface area contributed by atoms with Crippen LogP contribution in [0.2, 0.25) is 10.0 Å². The number of fused-ring (bicyclic) bond motifs is 1. The van der Waals surface area contributed by atoms with Gasteiger partial charge >= 0.3 is 0 Å². The number of nitrogens with two attached hydrogens (primary N) is 1. The van der Waals surface area contributed by atoms with Gasteiger partial charge in [0.25, 0.3) is 0 Å². The molecule has 2 aromatic rings. The Morgan fingerprint density at radius 3 is 2.65 bits per heavy atom. The van der Waals surface area contributed by atoms with Crippen LogP contribution in [0, 0.1) is 0 Å². The third kappa shape index (κ3) is 2.68. The smallest absolute Gasteiger partial charge is 0.126 e. The Morgan fingerprint density at radius 2 is 1.90 bits per heavy atom. The van der Waals surface area contributed by atoms with Gasteiger partial charge < -0.3 is 10.5 Å². The second-order valence-electron chi connectivity index (χ2n) is 4.80. The second-order valence-corrected chi connectivity index (χ2v) is 6.53. The molecule has 2 N–H and O–H groups in total. The minimum Gasteiger partial charge on any atom is -0.485 e. The highest BCUT2D eigenvalue weighted by Gasteiger charge is 2.27. The largest absolute Gasteiger partial charge is 0.485 e. The summed E-state index contributed by atoms with van der Waals surface area (Å²) in [4.78, 5) is 0. The SMILES string of the molecule is N[C@H]1CC(c2ccc(Cl)c(Cl)c2)Oc2cc(Br)ccc21. The van der Waals surface area contributed by atoms with Crippen LogP contribution in [-0.4, -0.2) is 0 Å². The number of benzene rings is 2. The van der Waals surface area contributed by atoms with E-state index in [-0.39, 0.29) is 12.1 Å². The minimum atomic E-state index is -0.110. The Hall–Kier alpha value is -0.740. The summed E-state index contributed by atoms with van der Waals surface area (Å²) < 4.78 is 7.02. The summed E-state index contributed by atoms with van der Waals surface area (Å²) in [6.07, 6.45) is 0.605. The molecule has 0 radical (unpaired) electrons. The van der Waals surface area contributed by atoms with E-state index in [4.69, 9.17) is 33.7 Å². The molecule has 1 unspecified atom stereocenters. The van der Waals surface area contributed by atoms with E-state index in [0.29, 0.717) is 16.5 Å². The molecule has 2 nitrogen and oxygen atoms in total. The van der Waals surface area contributed by atoms with Gasteiger partial charge in [0, 0.05) is 22.5 Å². The molecule has 3 rings (SSSR count). The molecule has 0 aromatic heterocycles. The summed E-state index contributed by atoms with van der Waals surface area (Å²) in [7, 11) is 0. The monoisotopic (exact) mass is 371 g/mol. The first-order valence-electron chi connectivity index (χ1n) is 6.21. The number of ether oxygens (including phenoxy) is 1. The van der Waals surface area contributed by atoms with E-state index < -0.39 is 0 Å². The van der Waals surface area contributed by atoms with Crippen molar-refractivity contribution in [1.29, 1.82) is 0 Å². The lowest BCUT2D eigenvalue weighted by atomic mass is 9.94. The van der Waals surface area contributed by atoms with Crippen LogP contribution >= 0.6 is 39.1 Å². The third-order valence-electron chi connectivity index (χ3n) is 3.43. The highest BCUT2D eigenvalue weighted by Crippen LogP contribution is 2.41. The van der Waals surface area contributed by atoms with Crippen LogP contribution in [0.25, 0.3) is 0 Å². The Morgan fingerprint density at radius 1 is 1.10 bits per heavy atom. The van der Waals surface area contributed by atoms with Crippen molar-refractivity contribution < 1.29 is 4.74 Å². The highest BCUT2D eigenvalue weighted by molar-refractivity contribution is 9.10. The molecule has 0 saturated heterocycles. The topological polar surface area (TPSA) is 35.2 Å². The van der Waals surface area contributed by atoms with Crippen molar-refractivity contribution in [1.82, 2.24) is 0 Å². The first kappa shape index (κ1) is 14.2. The molecule has 1 aliphatic rings. The van der Waals surface area contributed by atoms with Crippen LogP contribution in [-0.2, 0) is 0 Å². The number of hydrogen-bond donors (Lipinski definition) is 1. The molecule has 0 spiro atoms. The van der Waals surface area contributed by atoms with Crippen molar-refractivity contribution in [2.75, 3.05) is 0 Å². The molecule has 5 heteroatoms. The lowest BCUT2D eigenvalue weighted by Crippen LogP contribution is -2.24. The average Bonchev–Trinajstić information content (AvgIpc) is 2.41. The Bertz CT molecular complexity index is 662. The molecule has 2 aromatic carbocycles. The average molecular weight is 373 g/mol. The molecule has 2 atom stereocenters. The van der Waals surface area contributed by atoms with Crippen LogP contribution < -0.4 is 10.5 Å². The summed E-state index contributed by atoms with van der Waals surface area (Å²) in [5.74, 6) is 0.814. The van der Waals surface area contributed by atoms with E-state index in [1.165, 1.54) is 0 Å². The summed E-state index contributed by atoms with van der Waals surface area (Å²) in [6, 6.07) is 11.4. The van der Waals surface area contributed by atoms with Crippen molar-refractivity contribution in [3.8, 4) is 5.75 Å². The van der Waals surface area contributed by atoms with Gasteiger partial charge in [-0.3, -0.25) is 0 Å². The summed E-state index contributed by atoms with van der Waals surface area (Å²) in [5.41, 5.74) is 8.26. The van der Waals surface area contributed by atoms with Crippen molar-refractivity contribution in [2.45, 2.75) is 18.6 Å². The van der Waals surface area contributed by atoms with E-state index in [2.05, 4.69) is 15.9 Å². The van der Waals surface area contributed by atoms with E-state index in [0.717, 1.165) is 21.3 Å². The van der Waals surface area contributed by atoms with Crippen LogP contribution in [0.15, 0.2) is 40.9 Å². The zero-order chi connectivity index (χ0) is 14.3. The molecule has 0 bridgehead atoms. The van der Waals surface area contributed by atoms with Crippen LogP contribution in [0.4, 0.5) is 0 Å². The minimum absolute atomic E-state index is 0.0497. The van der Waals surface area contributed by atoms with Gasteiger partial charge in [-0.2, -0.15) is 0 Å². The van der Waals surface area contributed by atoms with Crippen LogP contribution in [0.3, 0.4) is 0 Å².